The first-order valence-electron chi connectivity index (χ1n) is 6.01. The summed E-state index contributed by atoms with van der Waals surface area (Å²) in [6.07, 6.45) is 0. The maximum absolute atomic E-state index is 4.69. The summed E-state index contributed by atoms with van der Waals surface area (Å²) in [5.74, 6) is 0. The van der Waals surface area contributed by atoms with Crippen LogP contribution in [0.2, 0.25) is 0 Å². The molecule has 0 saturated carbocycles. The summed E-state index contributed by atoms with van der Waals surface area (Å²) >= 11 is 0. The number of hydrogen-bond acceptors (Lipinski definition) is 2. The van der Waals surface area contributed by atoms with Gasteiger partial charge in [-0.3, -0.25) is 0 Å². The molecule has 1 aromatic heterocycles. The van der Waals surface area contributed by atoms with Crippen LogP contribution in [0.3, 0.4) is 0 Å². The second-order valence-electron chi connectivity index (χ2n) is 4.22. The Morgan fingerprint density at radius 2 is 1.78 bits per heavy atom. The van der Waals surface area contributed by atoms with Crippen LogP contribution in [-0.4, -0.2) is 12.0 Å². The number of nitrogens with zero attached hydrogens (tertiary/aromatic N) is 1. The lowest BCUT2D eigenvalue weighted by Crippen LogP contribution is -1.89. The van der Waals surface area contributed by atoms with Crippen molar-refractivity contribution in [3.05, 3.63) is 60.7 Å². The number of nitrogens with one attached hydrogen (secondary N) is 1. The quantitative estimate of drug-likeness (QED) is 0.726. The molecular weight excluding hydrogens is 220 g/mol. The number of anilines is 1. The van der Waals surface area contributed by atoms with Gasteiger partial charge in [0.25, 0.3) is 0 Å². The van der Waals surface area contributed by atoms with Crippen LogP contribution in [0.1, 0.15) is 0 Å². The molecule has 0 aliphatic carbocycles. The van der Waals surface area contributed by atoms with Crippen molar-refractivity contribution in [2.24, 2.45) is 0 Å². The van der Waals surface area contributed by atoms with Gasteiger partial charge in [0.15, 0.2) is 0 Å². The number of aromatic nitrogens is 1. The van der Waals surface area contributed by atoms with Crippen molar-refractivity contribution in [3.8, 4) is 11.3 Å². The zero-order valence-electron chi connectivity index (χ0n) is 10.2. The standard InChI is InChI=1S/C16H14N2/c1-17-14-7-4-6-13(11-14)16-10-9-12-5-2-3-8-15(12)18-16/h2-11,17H,1H3. The average Bonchev–Trinajstić information content (AvgIpc) is 2.47. The molecule has 0 unspecified atom stereocenters. The predicted molar refractivity (Wildman–Crippen MR) is 76.7 cm³/mol. The maximum Gasteiger partial charge on any atom is 0.0710 e. The van der Waals surface area contributed by atoms with Crippen molar-refractivity contribution in [2.75, 3.05) is 12.4 Å². The first kappa shape index (κ1) is 10.8. The van der Waals surface area contributed by atoms with Crippen molar-refractivity contribution in [2.45, 2.75) is 0 Å². The molecule has 88 valence electrons. The molecule has 0 atom stereocenters. The minimum Gasteiger partial charge on any atom is -0.388 e. The summed E-state index contributed by atoms with van der Waals surface area (Å²) < 4.78 is 0. The van der Waals surface area contributed by atoms with E-state index in [4.69, 9.17) is 4.98 Å². The summed E-state index contributed by atoms with van der Waals surface area (Å²) in [4.78, 5) is 4.69. The second kappa shape index (κ2) is 4.49. The van der Waals surface area contributed by atoms with Crippen molar-refractivity contribution in [3.63, 3.8) is 0 Å². The largest absolute Gasteiger partial charge is 0.388 e. The monoisotopic (exact) mass is 234 g/mol. The molecular formula is C16H14N2. The van der Waals surface area contributed by atoms with Gasteiger partial charge < -0.3 is 5.32 Å². The third-order valence-electron chi connectivity index (χ3n) is 3.05. The summed E-state index contributed by atoms with van der Waals surface area (Å²) in [5, 5.41) is 4.32. The highest BCUT2D eigenvalue weighted by molar-refractivity contribution is 5.81. The van der Waals surface area contributed by atoms with E-state index in [0.717, 1.165) is 22.5 Å². The Kier molecular flexibility index (Phi) is 2.69. The Labute approximate surface area is 106 Å². The van der Waals surface area contributed by atoms with Crippen LogP contribution < -0.4 is 5.32 Å². The van der Waals surface area contributed by atoms with Gasteiger partial charge in [0.1, 0.15) is 0 Å². The first-order chi connectivity index (χ1) is 8.86. The Morgan fingerprint density at radius 1 is 0.889 bits per heavy atom. The SMILES string of the molecule is CNc1cccc(-c2ccc3ccccc3n2)c1. The smallest absolute Gasteiger partial charge is 0.0710 e. The van der Waals surface area contributed by atoms with Gasteiger partial charge in [0.2, 0.25) is 0 Å². The number of para-hydroxylation sites is 1. The number of benzene rings is 2. The predicted octanol–water partition coefficient (Wildman–Crippen LogP) is 3.94. The van der Waals surface area contributed by atoms with Crippen LogP contribution >= 0.6 is 0 Å². The maximum atomic E-state index is 4.69. The Morgan fingerprint density at radius 3 is 2.67 bits per heavy atom. The molecule has 2 aromatic carbocycles. The fourth-order valence-electron chi connectivity index (χ4n) is 2.06. The molecule has 0 radical (unpaired) electrons. The van der Waals surface area contributed by atoms with E-state index >= 15 is 0 Å². The van der Waals surface area contributed by atoms with Gasteiger partial charge in [-0.25, -0.2) is 4.98 Å². The lowest BCUT2D eigenvalue weighted by molar-refractivity contribution is 1.39. The van der Waals surface area contributed by atoms with Crippen LogP contribution in [0.5, 0.6) is 0 Å². The zero-order chi connectivity index (χ0) is 12.4. The van der Waals surface area contributed by atoms with Crippen molar-refractivity contribution < 1.29 is 0 Å². The van der Waals surface area contributed by atoms with E-state index in [2.05, 4.69) is 35.6 Å². The molecule has 1 N–H and O–H groups in total. The number of hydrogen-bond donors (Lipinski definition) is 1. The van der Waals surface area contributed by atoms with Gasteiger partial charge in [-0.1, -0.05) is 36.4 Å². The fourth-order valence-corrected chi connectivity index (χ4v) is 2.06. The van der Waals surface area contributed by atoms with Crippen LogP contribution in [0.25, 0.3) is 22.2 Å². The number of fused-ring (bicyclic) bond motifs is 1. The molecule has 2 heteroatoms. The first-order valence-corrected chi connectivity index (χ1v) is 6.01. The van der Waals surface area contributed by atoms with E-state index in [1.807, 2.05) is 37.4 Å². The van der Waals surface area contributed by atoms with E-state index in [9.17, 15) is 0 Å². The third kappa shape index (κ3) is 1.93. The third-order valence-corrected chi connectivity index (χ3v) is 3.05. The Hall–Kier alpha value is -2.35. The lowest BCUT2D eigenvalue weighted by Gasteiger charge is -2.05. The van der Waals surface area contributed by atoms with Crippen molar-refractivity contribution >= 4 is 16.6 Å². The van der Waals surface area contributed by atoms with Crippen molar-refractivity contribution in [1.29, 1.82) is 0 Å². The number of rotatable bonds is 2. The molecule has 0 aliphatic heterocycles. The van der Waals surface area contributed by atoms with Gasteiger partial charge in [-0.05, 0) is 24.3 Å². The van der Waals surface area contributed by atoms with Gasteiger partial charge in [-0.2, -0.15) is 0 Å². The molecule has 2 nitrogen and oxygen atoms in total. The lowest BCUT2D eigenvalue weighted by atomic mass is 10.1. The van der Waals surface area contributed by atoms with E-state index in [0.29, 0.717) is 0 Å². The summed E-state index contributed by atoms with van der Waals surface area (Å²) in [5.41, 5.74) is 4.27. The minimum absolute atomic E-state index is 1.01. The van der Waals surface area contributed by atoms with E-state index in [1.165, 1.54) is 5.39 Å². The molecule has 0 fully saturated rings. The highest BCUT2D eigenvalue weighted by Crippen LogP contribution is 2.23. The van der Waals surface area contributed by atoms with E-state index in [1.54, 1.807) is 0 Å². The molecule has 0 amide bonds. The minimum atomic E-state index is 1.01. The molecule has 0 saturated heterocycles. The molecule has 3 rings (SSSR count). The normalized spacial score (nSPS) is 10.5. The van der Waals surface area contributed by atoms with Gasteiger partial charge >= 0.3 is 0 Å². The average molecular weight is 234 g/mol. The van der Waals surface area contributed by atoms with E-state index in [-0.39, 0.29) is 0 Å². The molecule has 0 spiro atoms. The van der Waals surface area contributed by atoms with Crippen LogP contribution in [0.15, 0.2) is 60.7 Å². The summed E-state index contributed by atoms with van der Waals surface area (Å²) in [6, 6.07) is 20.6. The van der Waals surface area contributed by atoms with Gasteiger partial charge in [-0.15, -0.1) is 0 Å². The zero-order valence-corrected chi connectivity index (χ0v) is 10.2. The Bertz CT molecular complexity index is 689. The van der Waals surface area contributed by atoms with Crippen LogP contribution in [0.4, 0.5) is 5.69 Å². The molecule has 0 bridgehead atoms. The summed E-state index contributed by atoms with van der Waals surface area (Å²) in [7, 11) is 1.92. The molecule has 18 heavy (non-hydrogen) atoms. The molecule has 3 aromatic rings. The van der Waals surface area contributed by atoms with Crippen LogP contribution in [-0.2, 0) is 0 Å². The van der Waals surface area contributed by atoms with Gasteiger partial charge in [0.05, 0.1) is 11.2 Å². The Balaban J connectivity index is 2.13. The van der Waals surface area contributed by atoms with Crippen LogP contribution in [0, 0.1) is 0 Å². The van der Waals surface area contributed by atoms with Crippen molar-refractivity contribution in [1.82, 2.24) is 4.98 Å². The fraction of sp³-hybridized carbons (Fsp3) is 0.0625. The highest BCUT2D eigenvalue weighted by Gasteiger charge is 2.01. The van der Waals surface area contributed by atoms with Gasteiger partial charge in [0, 0.05) is 23.7 Å². The second-order valence-corrected chi connectivity index (χ2v) is 4.22. The number of pyridine rings is 1. The summed E-state index contributed by atoms with van der Waals surface area (Å²) in [6.45, 7) is 0. The highest BCUT2D eigenvalue weighted by atomic mass is 14.8. The molecule has 1 heterocycles. The van der Waals surface area contributed by atoms with E-state index < -0.39 is 0 Å². The topological polar surface area (TPSA) is 24.9 Å². The molecule has 0 aliphatic rings.